The Hall–Kier alpha value is -3.09. The van der Waals surface area contributed by atoms with E-state index in [9.17, 15) is 15.2 Å². The van der Waals surface area contributed by atoms with Crippen molar-refractivity contribution in [3.63, 3.8) is 0 Å². The molecule has 2 aromatic rings. The molecule has 0 aromatic heterocycles. The molecule has 2 aromatic carbocycles. The molecule has 0 aliphatic carbocycles. The van der Waals surface area contributed by atoms with Crippen LogP contribution in [-0.4, -0.2) is 29.5 Å². The molecule has 0 atom stereocenters. The SMILES string of the molecule is COc1cc(C=Nc2ccc(O)cc2)cc([N+](=O)[O-])c1OC(C)C. The van der Waals surface area contributed by atoms with Crippen LogP contribution in [0.5, 0.6) is 17.2 Å². The van der Waals surface area contributed by atoms with Crippen LogP contribution in [0.2, 0.25) is 0 Å². The van der Waals surface area contributed by atoms with Gasteiger partial charge in [0.25, 0.3) is 0 Å². The van der Waals surface area contributed by atoms with E-state index < -0.39 is 4.92 Å². The van der Waals surface area contributed by atoms with Crippen LogP contribution < -0.4 is 9.47 Å². The van der Waals surface area contributed by atoms with Crippen molar-refractivity contribution in [2.24, 2.45) is 4.99 Å². The maximum Gasteiger partial charge on any atom is 0.315 e. The standard InChI is InChI=1S/C17H18N2O5/c1-11(2)24-17-15(19(21)22)8-12(9-16(17)23-3)10-18-13-4-6-14(20)7-5-13/h4-11,20H,1-3H3. The molecule has 0 amide bonds. The van der Waals surface area contributed by atoms with Gasteiger partial charge >= 0.3 is 5.69 Å². The summed E-state index contributed by atoms with van der Waals surface area (Å²) in [5.41, 5.74) is 0.926. The summed E-state index contributed by atoms with van der Waals surface area (Å²) in [4.78, 5) is 15.0. The normalized spacial score (nSPS) is 11.0. The Kier molecular flexibility index (Phi) is 5.36. The molecule has 0 heterocycles. The number of phenols is 1. The van der Waals surface area contributed by atoms with E-state index in [4.69, 9.17) is 9.47 Å². The van der Waals surface area contributed by atoms with Crippen LogP contribution in [0.15, 0.2) is 41.4 Å². The van der Waals surface area contributed by atoms with Gasteiger partial charge in [-0.2, -0.15) is 0 Å². The Morgan fingerprint density at radius 3 is 2.46 bits per heavy atom. The number of benzene rings is 2. The minimum atomic E-state index is -0.516. The highest BCUT2D eigenvalue weighted by molar-refractivity contribution is 5.85. The molecule has 0 radical (unpaired) electrons. The van der Waals surface area contributed by atoms with Crippen molar-refractivity contribution in [3.8, 4) is 17.2 Å². The van der Waals surface area contributed by atoms with E-state index in [-0.39, 0.29) is 29.0 Å². The van der Waals surface area contributed by atoms with Gasteiger partial charge < -0.3 is 14.6 Å². The fraction of sp³-hybridized carbons (Fsp3) is 0.235. The van der Waals surface area contributed by atoms with Crippen molar-refractivity contribution in [1.82, 2.24) is 0 Å². The molecule has 7 heteroatoms. The smallest absolute Gasteiger partial charge is 0.315 e. The Morgan fingerprint density at radius 1 is 1.25 bits per heavy atom. The van der Waals surface area contributed by atoms with Gasteiger partial charge in [-0.15, -0.1) is 0 Å². The molecule has 7 nitrogen and oxygen atoms in total. The lowest BCUT2D eigenvalue weighted by atomic mass is 10.1. The van der Waals surface area contributed by atoms with Crippen LogP contribution in [-0.2, 0) is 0 Å². The molecule has 0 bridgehead atoms. The summed E-state index contributed by atoms with van der Waals surface area (Å²) in [6.07, 6.45) is 1.26. The highest BCUT2D eigenvalue weighted by Gasteiger charge is 2.22. The van der Waals surface area contributed by atoms with Crippen LogP contribution >= 0.6 is 0 Å². The largest absolute Gasteiger partial charge is 0.508 e. The molecular weight excluding hydrogens is 312 g/mol. The molecule has 2 rings (SSSR count). The summed E-state index contributed by atoms with van der Waals surface area (Å²) in [5, 5.41) is 20.6. The van der Waals surface area contributed by atoms with Crippen molar-refractivity contribution in [2.45, 2.75) is 20.0 Å². The van der Waals surface area contributed by atoms with E-state index in [1.54, 1.807) is 32.0 Å². The third-order valence-corrected chi connectivity index (χ3v) is 3.04. The molecule has 0 spiro atoms. The number of hydrogen-bond acceptors (Lipinski definition) is 6. The van der Waals surface area contributed by atoms with Gasteiger partial charge in [0.2, 0.25) is 5.75 Å². The first kappa shape index (κ1) is 17.3. The van der Waals surface area contributed by atoms with E-state index >= 15 is 0 Å². The monoisotopic (exact) mass is 330 g/mol. The first-order valence-electron chi connectivity index (χ1n) is 7.27. The lowest BCUT2D eigenvalue weighted by Crippen LogP contribution is -2.09. The Labute approximate surface area is 139 Å². The van der Waals surface area contributed by atoms with Gasteiger partial charge in [-0.25, -0.2) is 0 Å². The van der Waals surface area contributed by atoms with Gasteiger partial charge in [0.05, 0.1) is 23.8 Å². The number of rotatable bonds is 6. The number of ether oxygens (including phenoxy) is 2. The lowest BCUT2D eigenvalue weighted by Gasteiger charge is -2.14. The fourth-order valence-corrected chi connectivity index (χ4v) is 2.01. The van der Waals surface area contributed by atoms with Crippen LogP contribution in [0.25, 0.3) is 0 Å². The van der Waals surface area contributed by atoms with Crippen molar-refractivity contribution in [1.29, 1.82) is 0 Å². The number of nitro groups is 1. The molecule has 1 N–H and O–H groups in total. The summed E-state index contributed by atoms with van der Waals surface area (Å²) in [7, 11) is 1.42. The van der Waals surface area contributed by atoms with Gasteiger partial charge in [-0.3, -0.25) is 15.1 Å². The van der Waals surface area contributed by atoms with Crippen molar-refractivity contribution >= 4 is 17.6 Å². The van der Waals surface area contributed by atoms with E-state index in [0.29, 0.717) is 11.3 Å². The molecular formula is C17H18N2O5. The zero-order valence-electron chi connectivity index (χ0n) is 13.6. The highest BCUT2D eigenvalue weighted by Crippen LogP contribution is 2.38. The van der Waals surface area contributed by atoms with Gasteiger partial charge in [0.15, 0.2) is 5.75 Å². The molecule has 0 fully saturated rings. The molecule has 0 aliphatic rings. The molecule has 0 saturated carbocycles. The van der Waals surface area contributed by atoms with Crippen LogP contribution in [0.3, 0.4) is 0 Å². The predicted molar refractivity (Wildman–Crippen MR) is 90.8 cm³/mol. The maximum absolute atomic E-state index is 11.3. The Balaban J connectivity index is 2.42. The minimum absolute atomic E-state index is 0.0966. The van der Waals surface area contributed by atoms with Crippen LogP contribution in [0.1, 0.15) is 19.4 Å². The number of aromatic hydroxyl groups is 1. The number of hydrogen-bond donors (Lipinski definition) is 1. The summed E-state index contributed by atoms with van der Waals surface area (Å²) >= 11 is 0. The minimum Gasteiger partial charge on any atom is -0.508 e. The number of nitro benzene ring substituents is 1. The molecule has 0 aliphatic heterocycles. The van der Waals surface area contributed by atoms with Gasteiger partial charge in [-0.1, -0.05) is 0 Å². The zero-order chi connectivity index (χ0) is 17.7. The third-order valence-electron chi connectivity index (χ3n) is 3.04. The Bertz CT molecular complexity index is 754. The fourth-order valence-electron chi connectivity index (χ4n) is 2.01. The lowest BCUT2D eigenvalue weighted by molar-refractivity contribution is -0.386. The first-order valence-corrected chi connectivity index (χ1v) is 7.27. The molecule has 24 heavy (non-hydrogen) atoms. The Morgan fingerprint density at radius 2 is 1.92 bits per heavy atom. The molecule has 126 valence electrons. The summed E-state index contributed by atoms with van der Waals surface area (Å²) < 4.78 is 10.7. The van der Waals surface area contributed by atoms with Crippen LogP contribution in [0, 0.1) is 10.1 Å². The highest BCUT2D eigenvalue weighted by atomic mass is 16.6. The number of methoxy groups -OCH3 is 1. The number of phenolic OH excluding ortho intramolecular Hbond substituents is 1. The first-order chi connectivity index (χ1) is 11.4. The van der Waals surface area contributed by atoms with Gasteiger partial charge in [0, 0.05) is 17.8 Å². The topological polar surface area (TPSA) is 94.2 Å². The molecule has 0 saturated heterocycles. The molecule has 0 unspecified atom stereocenters. The van der Waals surface area contributed by atoms with Crippen molar-refractivity contribution in [3.05, 3.63) is 52.1 Å². The van der Waals surface area contributed by atoms with E-state index in [0.717, 1.165) is 0 Å². The second-order valence-electron chi connectivity index (χ2n) is 5.27. The van der Waals surface area contributed by atoms with E-state index in [1.165, 1.54) is 31.5 Å². The van der Waals surface area contributed by atoms with Crippen molar-refractivity contribution in [2.75, 3.05) is 7.11 Å². The summed E-state index contributed by atoms with van der Waals surface area (Å²) in [6.45, 7) is 3.56. The number of nitrogens with zero attached hydrogens (tertiary/aromatic N) is 2. The maximum atomic E-state index is 11.3. The van der Waals surface area contributed by atoms with Gasteiger partial charge in [0.1, 0.15) is 5.75 Å². The van der Waals surface area contributed by atoms with E-state index in [2.05, 4.69) is 4.99 Å². The van der Waals surface area contributed by atoms with E-state index in [1.807, 2.05) is 0 Å². The average Bonchev–Trinajstić information content (AvgIpc) is 2.54. The predicted octanol–water partition coefficient (Wildman–Crippen LogP) is 3.85. The summed E-state index contributed by atoms with van der Waals surface area (Å²) in [6, 6.07) is 9.28. The third kappa shape index (κ3) is 4.22. The quantitative estimate of drug-likeness (QED) is 0.493. The summed E-state index contributed by atoms with van der Waals surface area (Å²) in [5.74, 6) is 0.505. The average molecular weight is 330 g/mol. The van der Waals surface area contributed by atoms with Crippen LogP contribution in [0.4, 0.5) is 11.4 Å². The van der Waals surface area contributed by atoms with Gasteiger partial charge in [-0.05, 0) is 44.2 Å². The number of aliphatic imine (C=N–C) groups is 1. The second-order valence-corrected chi connectivity index (χ2v) is 5.27. The second kappa shape index (κ2) is 7.45. The zero-order valence-corrected chi connectivity index (χ0v) is 13.6. The van der Waals surface area contributed by atoms with Crippen molar-refractivity contribution < 1.29 is 19.5 Å².